The van der Waals surface area contributed by atoms with Gasteiger partial charge < -0.3 is 10.4 Å². The standard InChI is InChI=1S/C16H16BrNO2/c1-11-5-4-8-14(16(11)17)18-10-13-7-3-2-6-12(13)9-15(19)20/h2-8,18H,9-10H2,1H3,(H,19,20). The third-order valence-corrected chi connectivity index (χ3v) is 4.17. The van der Waals surface area contributed by atoms with Gasteiger partial charge in [0.2, 0.25) is 0 Å². The number of carboxylic acids is 1. The highest BCUT2D eigenvalue weighted by molar-refractivity contribution is 9.10. The van der Waals surface area contributed by atoms with Crippen molar-refractivity contribution in [2.75, 3.05) is 5.32 Å². The van der Waals surface area contributed by atoms with Crippen LogP contribution in [0.2, 0.25) is 0 Å². The van der Waals surface area contributed by atoms with E-state index in [9.17, 15) is 4.79 Å². The molecule has 4 heteroatoms. The molecule has 0 saturated heterocycles. The molecule has 0 amide bonds. The SMILES string of the molecule is Cc1cccc(NCc2ccccc2CC(=O)O)c1Br. The molecule has 0 spiro atoms. The fraction of sp³-hybridized carbons (Fsp3) is 0.188. The Morgan fingerprint density at radius 2 is 1.85 bits per heavy atom. The van der Waals surface area contributed by atoms with Crippen molar-refractivity contribution in [2.24, 2.45) is 0 Å². The molecule has 0 aromatic heterocycles. The number of aryl methyl sites for hydroxylation is 1. The first-order valence-electron chi connectivity index (χ1n) is 6.35. The zero-order valence-corrected chi connectivity index (χ0v) is 12.8. The maximum absolute atomic E-state index is 10.9. The molecule has 0 aliphatic carbocycles. The van der Waals surface area contributed by atoms with Crippen molar-refractivity contribution in [3.8, 4) is 0 Å². The van der Waals surface area contributed by atoms with Crippen LogP contribution in [0.25, 0.3) is 0 Å². The lowest BCUT2D eigenvalue weighted by molar-refractivity contribution is -0.136. The van der Waals surface area contributed by atoms with Crippen LogP contribution >= 0.6 is 15.9 Å². The number of halogens is 1. The summed E-state index contributed by atoms with van der Waals surface area (Å²) in [6, 6.07) is 13.6. The molecule has 2 N–H and O–H groups in total. The van der Waals surface area contributed by atoms with Crippen molar-refractivity contribution >= 4 is 27.6 Å². The fourth-order valence-corrected chi connectivity index (χ4v) is 2.44. The van der Waals surface area contributed by atoms with Crippen molar-refractivity contribution in [3.63, 3.8) is 0 Å². The highest BCUT2D eigenvalue weighted by Gasteiger charge is 2.07. The van der Waals surface area contributed by atoms with Crippen LogP contribution in [0.15, 0.2) is 46.9 Å². The summed E-state index contributed by atoms with van der Waals surface area (Å²) >= 11 is 3.56. The number of benzene rings is 2. The summed E-state index contributed by atoms with van der Waals surface area (Å²) in [5, 5.41) is 12.3. The van der Waals surface area contributed by atoms with Gasteiger partial charge in [-0.25, -0.2) is 0 Å². The number of hydrogen-bond acceptors (Lipinski definition) is 2. The highest BCUT2D eigenvalue weighted by atomic mass is 79.9. The van der Waals surface area contributed by atoms with Crippen molar-refractivity contribution < 1.29 is 9.90 Å². The van der Waals surface area contributed by atoms with E-state index in [1.807, 2.05) is 49.4 Å². The molecule has 2 aromatic carbocycles. The van der Waals surface area contributed by atoms with Crippen molar-refractivity contribution in [3.05, 3.63) is 63.6 Å². The largest absolute Gasteiger partial charge is 0.481 e. The predicted molar refractivity (Wildman–Crippen MR) is 84.0 cm³/mol. The van der Waals surface area contributed by atoms with E-state index < -0.39 is 5.97 Å². The molecule has 0 heterocycles. The second-order valence-electron chi connectivity index (χ2n) is 4.63. The number of anilines is 1. The molecule has 2 rings (SSSR count). The van der Waals surface area contributed by atoms with Crippen LogP contribution < -0.4 is 5.32 Å². The maximum atomic E-state index is 10.9. The number of hydrogen-bond donors (Lipinski definition) is 2. The summed E-state index contributed by atoms with van der Waals surface area (Å²) in [4.78, 5) is 10.9. The molecule has 104 valence electrons. The van der Waals surface area contributed by atoms with E-state index in [1.165, 1.54) is 0 Å². The Balaban J connectivity index is 2.15. The number of aliphatic carboxylic acids is 1. The summed E-state index contributed by atoms with van der Waals surface area (Å²) in [6.07, 6.45) is 0.0485. The Morgan fingerprint density at radius 3 is 2.55 bits per heavy atom. The minimum absolute atomic E-state index is 0.0485. The molecule has 20 heavy (non-hydrogen) atoms. The van der Waals surface area contributed by atoms with Gasteiger partial charge in [-0.05, 0) is 45.6 Å². The molecule has 0 bridgehead atoms. The lowest BCUT2D eigenvalue weighted by Gasteiger charge is -2.12. The molecule has 0 radical (unpaired) electrons. The zero-order valence-electron chi connectivity index (χ0n) is 11.2. The van der Waals surface area contributed by atoms with E-state index in [4.69, 9.17) is 5.11 Å². The van der Waals surface area contributed by atoms with Gasteiger partial charge in [0.15, 0.2) is 0 Å². The summed E-state index contributed by atoms with van der Waals surface area (Å²) in [7, 11) is 0. The molecule has 0 atom stereocenters. The summed E-state index contributed by atoms with van der Waals surface area (Å²) in [5.74, 6) is -0.811. The molecule has 2 aromatic rings. The van der Waals surface area contributed by atoms with Crippen LogP contribution in [0, 0.1) is 6.92 Å². The number of carbonyl (C=O) groups is 1. The lowest BCUT2D eigenvalue weighted by Crippen LogP contribution is -2.07. The minimum atomic E-state index is -0.811. The van der Waals surface area contributed by atoms with Crippen LogP contribution in [0.5, 0.6) is 0 Å². The van der Waals surface area contributed by atoms with E-state index in [2.05, 4.69) is 21.2 Å². The number of rotatable bonds is 5. The number of carboxylic acid groups (broad SMARTS) is 1. The second kappa shape index (κ2) is 6.57. The maximum Gasteiger partial charge on any atom is 0.307 e. The molecule has 0 saturated carbocycles. The Hall–Kier alpha value is -1.81. The van der Waals surface area contributed by atoms with Gasteiger partial charge in [0.05, 0.1) is 6.42 Å². The van der Waals surface area contributed by atoms with E-state index >= 15 is 0 Å². The first-order valence-corrected chi connectivity index (χ1v) is 7.15. The lowest BCUT2D eigenvalue weighted by atomic mass is 10.0. The Bertz CT molecular complexity index is 626. The Labute approximate surface area is 126 Å². The van der Waals surface area contributed by atoms with Gasteiger partial charge >= 0.3 is 5.97 Å². The smallest absolute Gasteiger partial charge is 0.307 e. The van der Waals surface area contributed by atoms with Gasteiger partial charge in [0.25, 0.3) is 0 Å². The minimum Gasteiger partial charge on any atom is -0.481 e. The second-order valence-corrected chi connectivity index (χ2v) is 5.42. The summed E-state index contributed by atoms with van der Waals surface area (Å²) in [6.45, 7) is 2.64. The number of nitrogens with one attached hydrogen (secondary N) is 1. The normalized spacial score (nSPS) is 10.3. The van der Waals surface area contributed by atoms with Crippen LogP contribution in [0.1, 0.15) is 16.7 Å². The molecule has 0 fully saturated rings. The molecule has 0 unspecified atom stereocenters. The molecule has 3 nitrogen and oxygen atoms in total. The van der Waals surface area contributed by atoms with Crippen LogP contribution in [-0.4, -0.2) is 11.1 Å². The topological polar surface area (TPSA) is 49.3 Å². The van der Waals surface area contributed by atoms with Crippen LogP contribution in [0.3, 0.4) is 0 Å². The first kappa shape index (κ1) is 14.6. The van der Waals surface area contributed by atoms with Crippen molar-refractivity contribution in [2.45, 2.75) is 19.9 Å². The average molecular weight is 334 g/mol. The molecule has 0 aliphatic rings. The third-order valence-electron chi connectivity index (χ3n) is 3.12. The monoisotopic (exact) mass is 333 g/mol. The average Bonchev–Trinajstić information content (AvgIpc) is 2.41. The van der Waals surface area contributed by atoms with E-state index in [0.717, 1.165) is 26.9 Å². The molecular weight excluding hydrogens is 318 g/mol. The van der Waals surface area contributed by atoms with E-state index in [1.54, 1.807) is 0 Å². The van der Waals surface area contributed by atoms with Gasteiger partial charge in [-0.15, -0.1) is 0 Å². The van der Waals surface area contributed by atoms with Crippen LogP contribution in [-0.2, 0) is 17.8 Å². The zero-order chi connectivity index (χ0) is 14.5. The van der Waals surface area contributed by atoms with Gasteiger partial charge in [0, 0.05) is 16.7 Å². The summed E-state index contributed by atoms with van der Waals surface area (Å²) < 4.78 is 1.04. The Morgan fingerprint density at radius 1 is 1.15 bits per heavy atom. The molecule has 0 aliphatic heterocycles. The molecular formula is C16H16BrNO2. The van der Waals surface area contributed by atoms with Crippen LogP contribution in [0.4, 0.5) is 5.69 Å². The summed E-state index contributed by atoms with van der Waals surface area (Å²) in [5.41, 5.74) is 4.02. The highest BCUT2D eigenvalue weighted by Crippen LogP contribution is 2.26. The Kier molecular flexibility index (Phi) is 4.79. The third kappa shape index (κ3) is 3.61. The van der Waals surface area contributed by atoms with E-state index in [-0.39, 0.29) is 6.42 Å². The van der Waals surface area contributed by atoms with Gasteiger partial charge in [-0.2, -0.15) is 0 Å². The fourth-order valence-electron chi connectivity index (χ4n) is 2.04. The van der Waals surface area contributed by atoms with E-state index in [0.29, 0.717) is 6.54 Å². The first-order chi connectivity index (χ1) is 9.58. The van der Waals surface area contributed by atoms with Gasteiger partial charge in [-0.3, -0.25) is 4.79 Å². The quantitative estimate of drug-likeness (QED) is 0.869. The predicted octanol–water partition coefficient (Wildman–Crippen LogP) is 4.00. The van der Waals surface area contributed by atoms with Gasteiger partial charge in [-0.1, -0.05) is 36.4 Å². The van der Waals surface area contributed by atoms with Crippen molar-refractivity contribution in [1.29, 1.82) is 0 Å². The van der Waals surface area contributed by atoms with Gasteiger partial charge in [0.1, 0.15) is 0 Å². The van der Waals surface area contributed by atoms with Crippen molar-refractivity contribution in [1.82, 2.24) is 0 Å².